The number of rotatable bonds is 3. The van der Waals surface area contributed by atoms with Gasteiger partial charge in [-0.15, -0.1) is 0 Å². The zero-order valence-electron chi connectivity index (χ0n) is 28.1. The minimum absolute atomic E-state index is 0.199. The molecule has 2 aromatic heterocycles. The smallest absolute Gasteiger partial charge is 0.162 e. The van der Waals surface area contributed by atoms with Crippen LogP contribution < -0.4 is 0 Å². The maximum absolute atomic E-state index is 5.41. The van der Waals surface area contributed by atoms with Crippen LogP contribution in [0.25, 0.3) is 72.5 Å². The van der Waals surface area contributed by atoms with Gasteiger partial charge in [-0.1, -0.05) is 155 Å². The summed E-state index contributed by atoms with van der Waals surface area (Å²) in [6, 6.07) is 50.1. The molecule has 2 heterocycles. The van der Waals surface area contributed by atoms with Crippen LogP contribution >= 0.6 is 0 Å². The molecule has 3 nitrogen and oxygen atoms in total. The van der Waals surface area contributed by atoms with Crippen LogP contribution in [0.2, 0.25) is 0 Å². The van der Waals surface area contributed by atoms with Crippen LogP contribution in [-0.2, 0) is 10.8 Å². The lowest BCUT2D eigenvalue weighted by molar-refractivity contribution is 0.651. The molecule has 49 heavy (non-hydrogen) atoms. The van der Waals surface area contributed by atoms with Crippen molar-refractivity contribution in [3.8, 4) is 50.7 Å². The van der Waals surface area contributed by atoms with E-state index in [9.17, 15) is 0 Å². The molecule has 10 rings (SSSR count). The van der Waals surface area contributed by atoms with Gasteiger partial charge < -0.3 is 0 Å². The van der Waals surface area contributed by atoms with E-state index >= 15 is 0 Å². The Kier molecular flexibility index (Phi) is 5.69. The van der Waals surface area contributed by atoms with Crippen molar-refractivity contribution < 1.29 is 0 Å². The van der Waals surface area contributed by atoms with Gasteiger partial charge in [0.2, 0.25) is 0 Å². The molecule has 0 unspecified atom stereocenters. The molecule has 0 fully saturated rings. The number of nitrogens with zero attached hydrogens (tertiary/aromatic N) is 3. The van der Waals surface area contributed by atoms with Crippen molar-refractivity contribution in [2.24, 2.45) is 0 Å². The number of hydrogen-bond acceptors (Lipinski definition) is 2. The Labute approximate surface area is 286 Å². The van der Waals surface area contributed by atoms with Crippen LogP contribution in [0, 0.1) is 0 Å². The molecule has 0 aliphatic heterocycles. The van der Waals surface area contributed by atoms with Gasteiger partial charge in [0.25, 0.3) is 0 Å². The van der Waals surface area contributed by atoms with E-state index in [1.165, 1.54) is 60.8 Å². The zero-order valence-corrected chi connectivity index (χ0v) is 28.1. The van der Waals surface area contributed by atoms with E-state index in [1.807, 2.05) is 6.07 Å². The van der Waals surface area contributed by atoms with E-state index < -0.39 is 0 Å². The molecule has 0 bridgehead atoms. The molecule has 0 saturated carbocycles. The van der Waals surface area contributed by atoms with Gasteiger partial charge in [0.05, 0.1) is 16.7 Å². The Morgan fingerprint density at radius 2 is 1.06 bits per heavy atom. The summed E-state index contributed by atoms with van der Waals surface area (Å²) in [6.07, 6.45) is 0. The Balaban J connectivity index is 1.44. The van der Waals surface area contributed by atoms with Crippen molar-refractivity contribution in [2.45, 2.75) is 38.5 Å². The summed E-state index contributed by atoms with van der Waals surface area (Å²) in [5.41, 5.74) is 15.9. The van der Waals surface area contributed by atoms with E-state index in [0.29, 0.717) is 5.82 Å². The molecule has 234 valence electrons. The van der Waals surface area contributed by atoms with Gasteiger partial charge in [0.1, 0.15) is 5.82 Å². The molecule has 2 aliphatic rings. The molecule has 0 radical (unpaired) electrons. The quantitative estimate of drug-likeness (QED) is 0.195. The largest absolute Gasteiger partial charge is 0.293 e. The van der Waals surface area contributed by atoms with Crippen molar-refractivity contribution in [1.29, 1.82) is 0 Å². The first-order valence-corrected chi connectivity index (χ1v) is 17.2. The molecule has 0 amide bonds. The third kappa shape index (κ3) is 3.73. The Morgan fingerprint density at radius 1 is 0.510 bits per heavy atom. The molecule has 2 aliphatic carbocycles. The lowest BCUT2D eigenvalue weighted by atomic mass is 9.75. The lowest BCUT2D eigenvalue weighted by Crippen LogP contribution is -2.19. The first-order valence-electron chi connectivity index (χ1n) is 17.2. The molecule has 8 aromatic rings. The normalized spacial score (nSPS) is 14.9. The Morgan fingerprint density at radius 3 is 1.76 bits per heavy atom. The van der Waals surface area contributed by atoms with Crippen molar-refractivity contribution in [2.75, 3.05) is 0 Å². The molecule has 0 saturated heterocycles. The summed E-state index contributed by atoms with van der Waals surface area (Å²) in [7, 11) is 0. The Hall–Kier alpha value is -5.80. The number of hydrogen-bond donors (Lipinski definition) is 0. The van der Waals surface area contributed by atoms with Gasteiger partial charge >= 0.3 is 0 Å². The SMILES string of the molecule is CC1(C)c2ccccc2-c2c1c1c(c3c4ccccc4n(-c4cc(-c5ccccc5)nc(-c5ccccc5)n4)c23)C(C)(C)c2ccccc2-1. The third-order valence-electron chi connectivity index (χ3n) is 11.1. The number of fused-ring (bicyclic) bond motifs is 12. The molecule has 0 spiro atoms. The van der Waals surface area contributed by atoms with Crippen molar-refractivity contribution in [1.82, 2.24) is 14.5 Å². The van der Waals surface area contributed by atoms with Crippen LogP contribution in [0.4, 0.5) is 0 Å². The highest BCUT2D eigenvalue weighted by Crippen LogP contribution is 2.63. The minimum Gasteiger partial charge on any atom is -0.293 e. The predicted octanol–water partition coefficient (Wildman–Crippen LogP) is 11.5. The fourth-order valence-electron chi connectivity index (χ4n) is 9.03. The maximum Gasteiger partial charge on any atom is 0.162 e. The second-order valence-electron chi connectivity index (χ2n) is 14.6. The molecule has 0 atom stereocenters. The molecular formula is C46H35N3. The fraction of sp³-hybridized carbons (Fsp3) is 0.130. The standard InChI is InChI=1S/C46H35N3/c1-45(2)33-24-14-11-21-30(33)38-41-39(31-22-12-15-25-34(31)46(41,3)4)43-40(42(38)45)32-23-13-16-26-36(32)49(43)37-27-35(28-17-7-5-8-18-28)47-44(48-37)29-19-9-6-10-20-29/h5-27H,1-4H3. The summed E-state index contributed by atoms with van der Waals surface area (Å²) in [6.45, 7) is 9.65. The Bertz CT molecular complexity index is 2580. The zero-order chi connectivity index (χ0) is 33.1. The summed E-state index contributed by atoms with van der Waals surface area (Å²) >= 11 is 0. The number of para-hydroxylation sites is 1. The first-order chi connectivity index (χ1) is 23.9. The lowest BCUT2D eigenvalue weighted by Gasteiger charge is -2.27. The van der Waals surface area contributed by atoms with Gasteiger partial charge in [-0.3, -0.25) is 4.57 Å². The van der Waals surface area contributed by atoms with Crippen LogP contribution in [-0.4, -0.2) is 14.5 Å². The fourth-order valence-corrected chi connectivity index (χ4v) is 9.03. The molecule has 3 heteroatoms. The summed E-state index contributed by atoms with van der Waals surface area (Å²) in [5, 5.41) is 2.57. The van der Waals surface area contributed by atoms with Gasteiger partial charge in [-0.2, -0.15) is 0 Å². The van der Waals surface area contributed by atoms with E-state index in [1.54, 1.807) is 0 Å². The highest BCUT2D eigenvalue weighted by Gasteiger charge is 2.47. The van der Waals surface area contributed by atoms with E-state index in [2.05, 4.69) is 166 Å². The summed E-state index contributed by atoms with van der Waals surface area (Å²) < 4.78 is 2.45. The van der Waals surface area contributed by atoms with Crippen molar-refractivity contribution in [3.05, 3.63) is 162 Å². The molecule has 6 aromatic carbocycles. The summed E-state index contributed by atoms with van der Waals surface area (Å²) in [5.74, 6) is 1.59. The molecular weight excluding hydrogens is 595 g/mol. The van der Waals surface area contributed by atoms with E-state index in [-0.39, 0.29) is 10.8 Å². The van der Waals surface area contributed by atoms with Crippen LogP contribution in [0.3, 0.4) is 0 Å². The van der Waals surface area contributed by atoms with E-state index in [4.69, 9.17) is 9.97 Å². The van der Waals surface area contributed by atoms with Gasteiger partial charge in [-0.25, -0.2) is 9.97 Å². The van der Waals surface area contributed by atoms with Crippen LogP contribution in [0.15, 0.2) is 140 Å². The monoisotopic (exact) mass is 629 g/mol. The second-order valence-corrected chi connectivity index (χ2v) is 14.6. The average Bonchev–Trinajstić information content (AvgIpc) is 3.69. The summed E-state index contributed by atoms with van der Waals surface area (Å²) in [4.78, 5) is 10.6. The highest BCUT2D eigenvalue weighted by molar-refractivity contribution is 6.21. The number of aromatic nitrogens is 3. The maximum atomic E-state index is 5.41. The van der Waals surface area contributed by atoms with Gasteiger partial charge in [0, 0.05) is 44.4 Å². The molecule has 0 N–H and O–H groups in total. The average molecular weight is 630 g/mol. The predicted molar refractivity (Wildman–Crippen MR) is 202 cm³/mol. The van der Waals surface area contributed by atoms with E-state index in [0.717, 1.165) is 28.2 Å². The van der Waals surface area contributed by atoms with Crippen LogP contribution in [0.5, 0.6) is 0 Å². The minimum atomic E-state index is -0.199. The second kappa shape index (κ2) is 9.87. The van der Waals surface area contributed by atoms with Crippen molar-refractivity contribution in [3.63, 3.8) is 0 Å². The topological polar surface area (TPSA) is 30.7 Å². The van der Waals surface area contributed by atoms with Gasteiger partial charge in [-0.05, 0) is 45.0 Å². The van der Waals surface area contributed by atoms with Crippen LogP contribution in [0.1, 0.15) is 49.9 Å². The third-order valence-corrected chi connectivity index (χ3v) is 11.1. The number of benzene rings is 6. The highest BCUT2D eigenvalue weighted by atomic mass is 15.1. The first kappa shape index (κ1) is 28.2. The van der Waals surface area contributed by atoms with Gasteiger partial charge in [0.15, 0.2) is 5.82 Å². The van der Waals surface area contributed by atoms with Crippen molar-refractivity contribution >= 4 is 21.8 Å².